The lowest BCUT2D eigenvalue weighted by Crippen LogP contribution is -2.20. The number of aromatic amines is 1. The fraction of sp³-hybridized carbons (Fsp3) is 0.250. The summed E-state index contributed by atoms with van der Waals surface area (Å²) < 4.78 is 11.8. The van der Waals surface area contributed by atoms with Crippen LogP contribution >= 0.6 is 0 Å². The highest BCUT2D eigenvalue weighted by Crippen LogP contribution is 2.18. The van der Waals surface area contributed by atoms with Crippen molar-refractivity contribution in [2.24, 2.45) is 0 Å². The summed E-state index contributed by atoms with van der Waals surface area (Å²) in [6.45, 7) is 1.03. The number of imidazole rings is 1. The molecule has 0 atom stereocenters. The third-order valence-electron chi connectivity index (χ3n) is 4.36. The van der Waals surface area contributed by atoms with Crippen molar-refractivity contribution in [1.82, 2.24) is 24.8 Å². The molecule has 0 saturated heterocycles. The molecule has 1 aromatic carbocycles. The molecule has 0 aliphatic rings. The molecule has 12 heteroatoms. The van der Waals surface area contributed by atoms with E-state index in [0.29, 0.717) is 17.8 Å². The maximum absolute atomic E-state index is 12.4. The second-order valence-electron chi connectivity index (χ2n) is 6.65. The number of methoxy groups -OCH3 is 1. The summed E-state index contributed by atoms with van der Waals surface area (Å²) in [4.78, 5) is 45.4. The first kappa shape index (κ1) is 22.5. The third-order valence-corrected chi connectivity index (χ3v) is 4.36. The van der Waals surface area contributed by atoms with Gasteiger partial charge in [0.15, 0.2) is 11.5 Å². The van der Waals surface area contributed by atoms with Crippen LogP contribution in [0.1, 0.15) is 11.1 Å². The molecule has 0 aliphatic heterocycles. The molecule has 0 saturated carbocycles. The molecular formula is C20H22N6O6. The number of carboxylic acid groups (broad SMARTS) is 1. The molecule has 0 fully saturated rings. The van der Waals surface area contributed by atoms with E-state index in [4.69, 9.17) is 20.3 Å². The van der Waals surface area contributed by atoms with Crippen LogP contribution in [0.5, 0.6) is 6.01 Å². The predicted molar refractivity (Wildman–Crippen MR) is 114 cm³/mol. The SMILES string of the molecule is COCCOc1nc(N)c2[nH]c(=O)n(Cc3ccc(CNC(=O)/C=C\C(=O)O)cc3)c2n1. The summed E-state index contributed by atoms with van der Waals surface area (Å²) in [6, 6.07) is 7.24. The van der Waals surface area contributed by atoms with Gasteiger partial charge in [0.05, 0.1) is 13.2 Å². The highest BCUT2D eigenvalue weighted by atomic mass is 16.5. The van der Waals surface area contributed by atoms with Gasteiger partial charge in [-0.15, -0.1) is 0 Å². The zero-order valence-corrected chi connectivity index (χ0v) is 17.2. The molecule has 3 rings (SSSR count). The molecule has 0 radical (unpaired) electrons. The van der Waals surface area contributed by atoms with Crippen LogP contribution in [0.4, 0.5) is 5.82 Å². The maximum Gasteiger partial charge on any atom is 0.328 e. The lowest BCUT2D eigenvalue weighted by atomic mass is 10.1. The molecule has 0 spiro atoms. The van der Waals surface area contributed by atoms with Gasteiger partial charge in [0, 0.05) is 25.8 Å². The second-order valence-corrected chi connectivity index (χ2v) is 6.65. The summed E-state index contributed by atoms with van der Waals surface area (Å²) in [5, 5.41) is 11.1. The van der Waals surface area contributed by atoms with Crippen molar-refractivity contribution in [2.75, 3.05) is 26.1 Å². The number of nitrogen functional groups attached to an aromatic ring is 1. The molecule has 5 N–H and O–H groups in total. The quantitative estimate of drug-likeness (QED) is 0.249. The van der Waals surface area contributed by atoms with Gasteiger partial charge in [0.1, 0.15) is 12.1 Å². The Labute approximate surface area is 181 Å². The highest BCUT2D eigenvalue weighted by molar-refractivity contribution is 5.93. The predicted octanol–water partition coefficient (Wildman–Crippen LogP) is 0.0323. The first-order valence-corrected chi connectivity index (χ1v) is 9.51. The highest BCUT2D eigenvalue weighted by Gasteiger charge is 2.15. The van der Waals surface area contributed by atoms with Crippen molar-refractivity contribution in [1.29, 1.82) is 0 Å². The first-order chi connectivity index (χ1) is 15.4. The van der Waals surface area contributed by atoms with Crippen LogP contribution < -0.4 is 21.5 Å². The fourth-order valence-corrected chi connectivity index (χ4v) is 2.80. The van der Waals surface area contributed by atoms with E-state index in [1.807, 2.05) is 0 Å². The Morgan fingerprint density at radius 2 is 1.91 bits per heavy atom. The summed E-state index contributed by atoms with van der Waals surface area (Å²) in [5.41, 5.74) is 7.80. The van der Waals surface area contributed by atoms with Gasteiger partial charge in [-0.1, -0.05) is 24.3 Å². The van der Waals surface area contributed by atoms with E-state index in [-0.39, 0.29) is 31.5 Å². The van der Waals surface area contributed by atoms with E-state index in [1.54, 1.807) is 31.4 Å². The van der Waals surface area contributed by atoms with E-state index in [9.17, 15) is 14.4 Å². The van der Waals surface area contributed by atoms with E-state index >= 15 is 0 Å². The summed E-state index contributed by atoms with van der Waals surface area (Å²) >= 11 is 0. The topological polar surface area (TPSA) is 174 Å². The molecule has 0 unspecified atom stereocenters. The fourth-order valence-electron chi connectivity index (χ4n) is 2.80. The normalized spacial score (nSPS) is 11.2. The van der Waals surface area contributed by atoms with Crippen LogP contribution in [0.2, 0.25) is 0 Å². The Morgan fingerprint density at radius 1 is 1.19 bits per heavy atom. The Bertz CT molecular complexity index is 1200. The summed E-state index contributed by atoms with van der Waals surface area (Å²) in [5.74, 6) is -1.61. The zero-order chi connectivity index (χ0) is 23.1. The van der Waals surface area contributed by atoms with Crippen molar-refractivity contribution in [3.63, 3.8) is 0 Å². The van der Waals surface area contributed by atoms with Crippen molar-refractivity contribution in [3.8, 4) is 6.01 Å². The zero-order valence-electron chi connectivity index (χ0n) is 17.2. The largest absolute Gasteiger partial charge is 0.478 e. The van der Waals surface area contributed by atoms with Crippen LogP contribution in [0.3, 0.4) is 0 Å². The van der Waals surface area contributed by atoms with Gasteiger partial charge in [-0.05, 0) is 11.1 Å². The summed E-state index contributed by atoms with van der Waals surface area (Å²) in [6.07, 6.45) is 1.71. The molecule has 12 nitrogen and oxygen atoms in total. The van der Waals surface area contributed by atoms with Gasteiger partial charge in [-0.3, -0.25) is 9.36 Å². The van der Waals surface area contributed by atoms with Gasteiger partial charge < -0.3 is 30.6 Å². The molecule has 2 heterocycles. The average molecular weight is 442 g/mol. The number of hydrogen-bond donors (Lipinski definition) is 4. The van der Waals surface area contributed by atoms with E-state index < -0.39 is 17.6 Å². The number of ether oxygens (including phenoxy) is 2. The monoisotopic (exact) mass is 442 g/mol. The number of rotatable bonds is 10. The van der Waals surface area contributed by atoms with Crippen molar-refractivity contribution in [2.45, 2.75) is 13.1 Å². The van der Waals surface area contributed by atoms with E-state index in [2.05, 4.69) is 20.3 Å². The number of benzene rings is 1. The lowest BCUT2D eigenvalue weighted by Gasteiger charge is -2.08. The van der Waals surface area contributed by atoms with Crippen LogP contribution in [-0.2, 0) is 27.4 Å². The molecular weight excluding hydrogens is 420 g/mol. The minimum Gasteiger partial charge on any atom is -0.478 e. The molecule has 0 aliphatic carbocycles. The Hall–Kier alpha value is -4.19. The summed E-state index contributed by atoms with van der Waals surface area (Å²) in [7, 11) is 1.54. The molecule has 1 amide bonds. The number of aliphatic carboxylic acids is 1. The van der Waals surface area contributed by atoms with Gasteiger partial charge in [0.25, 0.3) is 0 Å². The number of anilines is 1. The number of nitrogens with zero attached hydrogens (tertiary/aromatic N) is 3. The van der Waals surface area contributed by atoms with E-state index in [0.717, 1.165) is 23.3 Å². The number of fused-ring (bicyclic) bond motifs is 1. The molecule has 3 aromatic rings. The minimum atomic E-state index is -1.20. The number of nitrogens with one attached hydrogen (secondary N) is 2. The van der Waals surface area contributed by atoms with Crippen LogP contribution in [0.15, 0.2) is 41.2 Å². The van der Waals surface area contributed by atoms with Gasteiger partial charge in [0.2, 0.25) is 5.91 Å². The molecule has 168 valence electrons. The number of nitrogens with two attached hydrogens (primary N) is 1. The van der Waals surface area contributed by atoms with Crippen molar-refractivity contribution in [3.05, 3.63) is 58.0 Å². The van der Waals surface area contributed by atoms with Crippen LogP contribution in [-0.4, -0.2) is 56.8 Å². The van der Waals surface area contributed by atoms with Crippen molar-refractivity contribution >= 4 is 28.9 Å². The Kier molecular flexibility index (Phi) is 7.18. The van der Waals surface area contributed by atoms with Crippen LogP contribution in [0.25, 0.3) is 11.2 Å². The van der Waals surface area contributed by atoms with Crippen LogP contribution in [0, 0.1) is 0 Å². The van der Waals surface area contributed by atoms with Crippen molar-refractivity contribution < 1.29 is 24.2 Å². The number of carbonyl (C=O) groups is 2. The molecule has 2 aromatic heterocycles. The lowest BCUT2D eigenvalue weighted by molar-refractivity contribution is -0.131. The number of aromatic nitrogens is 4. The standard InChI is InChI=1S/C20H22N6O6/c1-31-8-9-32-19-24-17(21)16-18(25-19)26(20(30)23-16)11-13-4-2-12(3-5-13)10-22-14(27)6-7-15(28)29/h2-7H,8-11H2,1H3,(H,22,27)(H,23,30)(H,28,29)(H2,21,24,25)/b7-6-. The minimum absolute atomic E-state index is 0.0443. The van der Waals surface area contributed by atoms with Gasteiger partial charge in [-0.25, -0.2) is 9.59 Å². The van der Waals surface area contributed by atoms with Gasteiger partial charge in [-0.2, -0.15) is 9.97 Å². The molecule has 32 heavy (non-hydrogen) atoms. The smallest absolute Gasteiger partial charge is 0.328 e. The maximum atomic E-state index is 12.4. The first-order valence-electron chi connectivity index (χ1n) is 9.51. The Morgan fingerprint density at radius 3 is 2.59 bits per heavy atom. The second kappa shape index (κ2) is 10.2. The number of H-pyrrole nitrogens is 1. The number of hydrogen-bond acceptors (Lipinski definition) is 8. The number of amides is 1. The number of carbonyl (C=O) groups excluding carboxylic acids is 1. The number of carboxylic acids is 1. The average Bonchev–Trinajstić information content (AvgIpc) is 3.08. The molecule has 0 bridgehead atoms. The third kappa shape index (κ3) is 5.70. The Balaban J connectivity index is 1.73. The van der Waals surface area contributed by atoms with Gasteiger partial charge >= 0.3 is 17.7 Å². The van der Waals surface area contributed by atoms with E-state index in [1.165, 1.54) is 4.57 Å².